The highest BCUT2D eigenvalue weighted by molar-refractivity contribution is 7.99. The Balaban J connectivity index is 2.11. The summed E-state index contributed by atoms with van der Waals surface area (Å²) in [4.78, 5) is 11.6. The second-order valence-corrected chi connectivity index (χ2v) is 5.52. The number of thioether (sulfide) groups is 1. The first-order valence-corrected chi connectivity index (χ1v) is 7.01. The molecule has 1 aliphatic heterocycles. The van der Waals surface area contributed by atoms with E-state index in [9.17, 15) is 4.79 Å². The molecule has 0 aromatic rings. The lowest BCUT2D eigenvalue weighted by Crippen LogP contribution is -2.34. The van der Waals surface area contributed by atoms with Crippen LogP contribution in [0.25, 0.3) is 0 Å². The Kier molecular flexibility index (Phi) is 6.10. The molecule has 0 radical (unpaired) electrons. The van der Waals surface area contributed by atoms with Gasteiger partial charge in [0.05, 0.1) is 0 Å². The van der Waals surface area contributed by atoms with Gasteiger partial charge < -0.3 is 10.6 Å². The molecule has 1 saturated heterocycles. The van der Waals surface area contributed by atoms with E-state index in [1.54, 1.807) is 11.8 Å². The fourth-order valence-corrected chi connectivity index (χ4v) is 2.01. The average molecular weight is 230 g/mol. The molecule has 1 fully saturated rings. The second kappa shape index (κ2) is 7.12. The van der Waals surface area contributed by atoms with Crippen molar-refractivity contribution in [1.82, 2.24) is 10.6 Å². The van der Waals surface area contributed by atoms with Crippen LogP contribution >= 0.6 is 11.8 Å². The Bertz CT molecular complexity index is 193. The zero-order valence-corrected chi connectivity index (χ0v) is 10.5. The lowest BCUT2D eigenvalue weighted by Gasteiger charge is -2.22. The maximum absolute atomic E-state index is 11.6. The molecule has 15 heavy (non-hydrogen) atoms. The first kappa shape index (κ1) is 12.8. The highest BCUT2D eigenvalue weighted by Gasteiger charge is 2.16. The number of hydrogen-bond donors (Lipinski definition) is 2. The third-order valence-electron chi connectivity index (χ3n) is 2.92. The van der Waals surface area contributed by atoms with E-state index in [0.29, 0.717) is 17.6 Å². The van der Waals surface area contributed by atoms with Crippen LogP contribution in [-0.4, -0.2) is 37.0 Å². The maximum Gasteiger partial charge on any atom is 0.220 e. The molecule has 0 saturated carbocycles. The first-order chi connectivity index (χ1) is 7.22. The van der Waals surface area contributed by atoms with Crippen molar-refractivity contribution in [2.24, 2.45) is 5.92 Å². The number of hydrogen-bond acceptors (Lipinski definition) is 3. The number of rotatable bonds is 5. The molecule has 88 valence electrons. The number of nitrogens with one attached hydrogen (secondary N) is 2. The van der Waals surface area contributed by atoms with Gasteiger partial charge in [0.2, 0.25) is 5.91 Å². The Morgan fingerprint density at radius 1 is 1.53 bits per heavy atom. The zero-order valence-electron chi connectivity index (χ0n) is 9.71. The second-order valence-electron chi connectivity index (χ2n) is 4.25. The molecule has 1 rings (SSSR count). The van der Waals surface area contributed by atoms with Gasteiger partial charge in [-0.05, 0) is 38.1 Å². The molecular formula is C11H22N2OS. The monoisotopic (exact) mass is 230 g/mol. The number of carbonyl (C=O) groups is 1. The summed E-state index contributed by atoms with van der Waals surface area (Å²) in [6, 6.07) is 0. The van der Waals surface area contributed by atoms with Crippen molar-refractivity contribution >= 4 is 17.7 Å². The molecule has 1 heterocycles. The third-order valence-corrected chi connectivity index (χ3v) is 3.89. The Hall–Kier alpha value is -0.220. The third kappa shape index (κ3) is 5.42. The van der Waals surface area contributed by atoms with E-state index in [1.165, 1.54) is 0 Å². The van der Waals surface area contributed by atoms with Crippen molar-refractivity contribution in [3.05, 3.63) is 0 Å². The van der Waals surface area contributed by atoms with Gasteiger partial charge in [-0.1, -0.05) is 6.92 Å². The summed E-state index contributed by atoms with van der Waals surface area (Å²) >= 11 is 1.79. The van der Waals surface area contributed by atoms with E-state index < -0.39 is 0 Å². The maximum atomic E-state index is 11.6. The molecular weight excluding hydrogens is 208 g/mol. The summed E-state index contributed by atoms with van der Waals surface area (Å²) in [7, 11) is 0. The summed E-state index contributed by atoms with van der Waals surface area (Å²) in [5.74, 6) is 0.818. The van der Waals surface area contributed by atoms with Gasteiger partial charge in [-0.2, -0.15) is 11.8 Å². The molecule has 0 aromatic heterocycles. The average Bonchev–Trinajstić information content (AvgIpc) is 2.27. The lowest BCUT2D eigenvalue weighted by atomic mass is 9.94. The van der Waals surface area contributed by atoms with Gasteiger partial charge in [-0.15, -0.1) is 0 Å². The van der Waals surface area contributed by atoms with Gasteiger partial charge in [0.1, 0.15) is 0 Å². The predicted molar refractivity (Wildman–Crippen MR) is 66.2 cm³/mol. The van der Waals surface area contributed by atoms with E-state index in [-0.39, 0.29) is 5.91 Å². The molecule has 3 nitrogen and oxygen atoms in total. The van der Waals surface area contributed by atoms with Crippen LogP contribution in [0.15, 0.2) is 0 Å². The van der Waals surface area contributed by atoms with E-state index >= 15 is 0 Å². The molecule has 1 unspecified atom stereocenters. The Morgan fingerprint density at radius 3 is 2.80 bits per heavy atom. The molecule has 2 N–H and O–H groups in total. The van der Waals surface area contributed by atoms with Gasteiger partial charge in [0, 0.05) is 18.2 Å². The predicted octanol–water partition coefficient (Wildman–Crippen LogP) is 1.24. The van der Waals surface area contributed by atoms with E-state index in [2.05, 4.69) is 23.8 Å². The summed E-state index contributed by atoms with van der Waals surface area (Å²) < 4.78 is 0. The molecule has 1 aliphatic rings. The van der Waals surface area contributed by atoms with Gasteiger partial charge in [-0.3, -0.25) is 4.79 Å². The molecule has 0 spiro atoms. The summed E-state index contributed by atoms with van der Waals surface area (Å²) in [5, 5.41) is 6.83. The van der Waals surface area contributed by atoms with Crippen LogP contribution in [0.2, 0.25) is 0 Å². The fourth-order valence-electron chi connectivity index (χ4n) is 1.76. The van der Waals surface area contributed by atoms with Crippen LogP contribution in [0.3, 0.4) is 0 Å². The van der Waals surface area contributed by atoms with Crippen LogP contribution < -0.4 is 10.6 Å². The van der Waals surface area contributed by atoms with Crippen LogP contribution in [-0.2, 0) is 4.79 Å². The van der Waals surface area contributed by atoms with Gasteiger partial charge in [0.25, 0.3) is 0 Å². The Morgan fingerprint density at radius 2 is 2.20 bits per heavy atom. The van der Waals surface area contributed by atoms with Crippen LogP contribution in [0, 0.1) is 5.92 Å². The van der Waals surface area contributed by atoms with E-state index in [4.69, 9.17) is 0 Å². The lowest BCUT2D eigenvalue weighted by molar-refractivity contribution is -0.122. The zero-order chi connectivity index (χ0) is 11.1. The van der Waals surface area contributed by atoms with E-state index in [1.807, 2.05) is 0 Å². The van der Waals surface area contributed by atoms with Crippen molar-refractivity contribution in [3.63, 3.8) is 0 Å². The molecule has 1 atom stereocenters. The van der Waals surface area contributed by atoms with Gasteiger partial charge in [0.15, 0.2) is 0 Å². The summed E-state index contributed by atoms with van der Waals surface area (Å²) in [5.41, 5.74) is 0. The molecule has 0 aromatic carbocycles. The first-order valence-electron chi connectivity index (χ1n) is 5.72. The largest absolute Gasteiger partial charge is 0.355 e. The summed E-state index contributed by atoms with van der Waals surface area (Å²) in [6.07, 6.45) is 5.07. The van der Waals surface area contributed by atoms with E-state index in [0.717, 1.165) is 32.5 Å². The van der Waals surface area contributed by atoms with Gasteiger partial charge in [-0.25, -0.2) is 0 Å². The van der Waals surface area contributed by atoms with Crippen LogP contribution in [0.4, 0.5) is 0 Å². The van der Waals surface area contributed by atoms with Crippen molar-refractivity contribution < 1.29 is 4.79 Å². The number of amides is 1. The smallest absolute Gasteiger partial charge is 0.220 e. The van der Waals surface area contributed by atoms with Crippen LogP contribution in [0.5, 0.6) is 0 Å². The number of carbonyl (C=O) groups excluding carboxylic acids is 1. The minimum absolute atomic E-state index is 0.225. The highest BCUT2D eigenvalue weighted by Crippen LogP contribution is 2.15. The quantitative estimate of drug-likeness (QED) is 0.747. The fraction of sp³-hybridized carbons (Fsp3) is 0.909. The molecule has 1 amide bonds. The Labute approximate surface area is 96.8 Å². The van der Waals surface area contributed by atoms with Gasteiger partial charge >= 0.3 is 0 Å². The van der Waals surface area contributed by atoms with Crippen LogP contribution in [0.1, 0.15) is 26.2 Å². The standard InChI is InChI=1S/C11H22N2OS/c1-9(15-2)8-13-11(14)7-10-3-5-12-6-4-10/h9-10,12H,3-8H2,1-2H3,(H,13,14). The normalized spacial score (nSPS) is 19.9. The molecule has 0 bridgehead atoms. The molecule has 0 aliphatic carbocycles. The minimum atomic E-state index is 0.225. The minimum Gasteiger partial charge on any atom is -0.355 e. The van der Waals surface area contributed by atoms with Crippen molar-refractivity contribution in [2.75, 3.05) is 25.9 Å². The summed E-state index contributed by atoms with van der Waals surface area (Å²) in [6.45, 7) is 5.07. The highest BCUT2D eigenvalue weighted by atomic mass is 32.2. The van der Waals surface area contributed by atoms with Crippen molar-refractivity contribution in [1.29, 1.82) is 0 Å². The SMILES string of the molecule is CSC(C)CNC(=O)CC1CCNCC1. The van der Waals surface area contributed by atoms with Crippen molar-refractivity contribution in [2.45, 2.75) is 31.4 Å². The topological polar surface area (TPSA) is 41.1 Å². The molecule has 4 heteroatoms. The van der Waals surface area contributed by atoms with Crippen molar-refractivity contribution in [3.8, 4) is 0 Å². The number of piperidine rings is 1.